The Morgan fingerprint density at radius 2 is 1.77 bits per heavy atom. The summed E-state index contributed by atoms with van der Waals surface area (Å²) < 4.78 is 7.72. The molecule has 0 saturated heterocycles. The van der Waals surface area contributed by atoms with Crippen molar-refractivity contribution in [3.8, 4) is 0 Å². The van der Waals surface area contributed by atoms with Crippen LogP contribution in [-0.2, 0) is 38.3 Å². The molecule has 0 amide bonds. The number of aromatic nitrogens is 2. The average molecular weight is 350 g/mol. The second kappa shape index (κ2) is 5.98. The number of aryl methyl sites for hydroxylation is 2. The highest BCUT2D eigenvalue weighted by atomic mass is 16.5. The predicted octanol–water partition coefficient (Wildman–Crippen LogP) is 1.69. The minimum Gasteiger partial charge on any atom is -0.456 e. The number of hydrogen-bond donors (Lipinski definition) is 0. The molecule has 2 aromatic carbocycles. The van der Waals surface area contributed by atoms with Crippen LogP contribution in [0.5, 0.6) is 0 Å². The van der Waals surface area contributed by atoms with Crippen molar-refractivity contribution in [1.82, 2.24) is 9.13 Å². The highest BCUT2D eigenvalue weighted by Gasteiger charge is 2.19. The quantitative estimate of drug-likeness (QED) is 0.674. The van der Waals surface area contributed by atoms with Gasteiger partial charge in [-0.1, -0.05) is 24.3 Å². The van der Waals surface area contributed by atoms with Crippen molar-refractivity contribution in [2.75, 3.05) is 0 Å². The minimum atomic E-state index is -0.464. The maximum atomic E-state index is 12.6. The third kappa shape index (κ3) is 2.45. The molecule has 6 heteroatoms. The van der Waals surface area contributed by atoms with Crippen molar-refractivity contribution in [2.45, 2.75) is 19.4 Å². The summed E-state index contributed by atoms with van der Waals surface area (Å²) in [6.45, 7) is -0.135. The number of carbonyl (C=O) groups is 1. The molecule has 6 nitrogen and oxygen atoms in total. The number of benzene rings is 2. The fourth-order valence-corrected chi connectivity index (χ4v) is 3.56. The molecule has 1 aliphatic carbocycles. The standard InChI is InChI=1S/C20H18N2O4/c1-21-14(10-17(23)22(2)20(21)25)11-26-19(24)16-9-8-13-7-6-12-4-3-5-15(16)18(12)13/h3-5,8-10H,6-7,11H2,1-2H3. The van der Waals surface area contributed by atoms with Gasteiger partial charge < -0.3 is 4.74 Å². The van der Waals surface area contributed by atoms with Gasteiger partial charge in [0.1, 0.15) is 6.61 Å². The lowest BCUT2D eigenvalue weighted by Crippen LogP contribution is -2.38. The fourth-order valence-electron chi connectivity index (χ4n) is 3.56. The zero-order valence-electron chi connectivity index (χ0n) is 14.6. The van der Waals surface area contributed by atoms with E-state index in [1.54, 1.807) is 13.1 Å². The molecule has 1 aromatic heterocycles. The van der Waals surface area contributed by atoms with Crippen LogP contribution in [0.3, 0.4) is 0 Å². The maximum absolute atomic E-state index is 12.6. The van der Waals surface area contributed by atoms with Gasteiger partial charge in [-0.3, -0.25) is 13.9 Å². The molecule has 0 atom stereocenters. The zero-order valence-corrected chi connectivity index (χ0v) is 14.6. The second-order valence-electron chi connectivity index (χ2n) is 6.56. The lowest BCUT2D eigenvalue weighted by atomic mass is 10.00. The molecule has 0 saturated carbocycles. The molecule has 4 rings (SSSR count). The van der Waals surface area contributed by atoms with E-state index < -0.39 is 17.2 Å². The monoisotopic (exact) mass is 350 g/mol. The maximum Gasteiger partial charge on any atom is 0.339 e. The summed E-state index contributed by atoms with van der Waals surface area (Å²) in [7, 11) is 2.96. The lowest BCUT2D eigenvalue weighted by Gasteiger charge is -2.12. The largest absolute Gasteiger partial charge is 0.456 e. The van der Waals surface area contributed by atoms with E-state index in [1.807, 2.05) is 18.2 Å². The van der Waals surface area contributed by atoms with E-state index in [0.29, 0.717) is 11.3 Å². The van der Waals surface area contributed by atoms with Gasteiger partial charge in [0, 0.05) is 20.2 Å². The first kappa shape index (κ1) is 16.3. The number of rotatable bonds is 3. The van der Waals surface area contributed by atoms with Crippen molar-refractivity contribution in [3.63, 3.8) is 0 Å². The smallest absolute Gasteiger partial charge is 0.339 e. The van der Waals surface area contributed by atoms with Crippen molar-refractivity contribution < 1.29 is 9.53 Å². The Bertz CT molecular complexity index is 1160. The van der Waals surface area contributed by atoms with E-state index in [-0.39, 0.29) is 6.61 Å². The molecule has 1 heterocycles. The van der Waals surface area contributed by atoms with Crippen LogP contribution in [0.2, 0.25) is 0 Å². The normalized spacial score (nSPS) is 12.5. The second-order valence-corrected chi connectivity index (χ2v) is 6.56. The van der Waals surface area contributed by atoms with Crippen LogP contribution in [0.4, 0.5) is 0 Å². The number of nitrogens with zero attached hydrogens (tertiary/aromatic N) is 2. The predicted molar refractivity (Wildman–Crippen MR) is 97.4 cm³/mol. The highest BCUT2D eigenvalue weighted by Crippen LogP contribution is 2.33. The van der Waals surface area contributed by atoms with Gasteiger partial charge in [-0.05, 0) is 40.8 Å². The Morgan fingerprint density at radius 3 is 2.54 bits per heavy atom. The van der Waals surface area contributed by atoms with Crippen LogP contribution >= 0.6 is 0 Å². The third-order valence-corrected chi connectivity index (χ3v) is 5.07. The zero-order chi connectivity index (χ0) is 18.4. The summed E-state index contributed by atoms with van der Waals surface area (Å²) in [4.78, 5) is 36.4. The minimum absolute atomic E-state index is 0.135. The Balaban J connectivity index is 1.66. The van der Waals surface area contributed by atoms with Gasteiger partial charge in [-0.2, -0.15) is 0 Å². The van der Waals surface area contributed by atoms with Gasteiger partial charge in [-0.15, -0.1) is 0 Å². The van der Waals surface area contributed by atoms with Crippen LogP contribution in [0, 0.1) is 0 Å². The molecule has 0 fully saturated rings. The van der Waals surface area contributed by atoms with Gasteiger partial charge in [0.15, 0.2) is 0 Å². The molecular weight excluding hydrogens is 332 g/mol. The topological polar surface area (TPSA) is 70.3 Å². The van der Waals surface area contributed by atoms with Gasteiger partial charge in [0.25, 0.3) is 5.56 Å². The van der Waals surface area contributed by atoms with Crippen LogP contribution in [0.1, 0.15) is 27.2 Å². The summed E-state index contributed by atoms with van der Waals surface area (Å²) >= 11 is 0. The number of carbonyl (C=O) groups excluding carboxylic acids is 1. The molecule has 0 radical (unpaired) electrons. The molecular formula is C20H18N2O4. The average Bonchev–Trinajstić information content (AvgIpc) is 3.07. The van der Waals surface area contributed by atoms with Crippen molar-refractivity contribution >= 4 is 16.7 Å². The molecule has 0 unspecified atom stereocenters. The molecule has 3 aromatic rings. The first-order valence-electron chi connectivity index (χ1n) is 8.44. The molecule has 0 bridgehead atoms. The molecule has 0 N–H and O–H groups in total. The Morgan fingerprint density at radius 1 is 1.04 bits per heavy atom. The van der Waals surface area contributed by atoms with E-state index in [1.165, 1.54) is 28.8 Å². The van der Waals surface area contributed by atoms with Gasteiger partial charge >= 0.3 is 11.7 Å². The van der Waals surface area contributed by atoms with Gasteiger partial charge in [-0.25, -0.2) is 9.59 Å². The first-order chi connectivity index (χ1) is 12.5. The van der Waals surface area contributed by atoms with Crippen LogP contribution in [-0.4, -0.2) is 15.1 Å². The van der Waals surface area contributed by atoms with E-state index in [4.69, 9.17) is 4.74 Å². The van der Waals surface area contributed by atoms with E-state index >= 15 is 0 Å². The van der Waals surface area contributed by atoms with Crippen molar-refractivity contribution in [2.24, 2.45) is 14.1 Å². The number of hydrogen-bond acceptors (Lipinski definition) is 4. The summed E-state index contributed by atoms with van der Waals surface area (Å²) in [6.07, 6.45) is 1.97. The van der Waals surface area contributed by atoms with E-state index in [0.717, 1.165) is 28.2 Å². The van der Waals surface area contributed by atoms with Crippen molar-refractivity contribution in [1.29, 1.82) is 0 Å². The van der Waals surface area contributed by atoms with Crippen molar-refractivity contribution in [3.05, 3.63) is 79.6 Å². The summed E-state index contributed by atoms with van der Waals surface area (Å²) in [5, 5.41) is 2.03. The van der Waals surface area contributed by atoms with E-state index in [2.05, 4.69) is 6.07 Å². The third-order valence-electron chi connectivity index (χ3n) is 5.07. The van der Waals surface area contributed by atoms with Crippen LogP contribution in [0.25, 0.3) is 10.8 Å². The lowest BCUT2D eigenvalue weighted by molar-refractivity contribution is 0.0465. The summed E-state index contributed by atoms with van der Waals surface area (Å²) in [5.74, 6) is -0.464. The Labute approximate surface area is 149 Å². The van der Waals surface area contributed by atoms with Crippen LogP contribution < -0.4 is 11.2 Å². The molecule has 0 aliphatic heterocycles. The SMILES string of the molecule is Cn1c(COC(=O)c2ccc3c4c(cccc24)CC3)cc(=O)n(C)c1=O. The van der Waals surface area contributed by atoms with Crippen LogP contribution in [0.15, 0.2) is 46.0 Å². The summed E-state index contributed by atoms with van der Waals surface area (Å²) in [5.41, 5.74) is 2.49. The molecule has 132 valence electrons. The molecule has 1 aliphatic rings. The number of esters is 1. The molecule has 26 heavy (non-hydrogen) atoms. The van der Waals surface area contributed by atoms with Gasteiger partial charge in [0.2, 0.25) is 0 Å². The fraction of sp³-hybridized carbons (Fsp3) is 0.250. The Hall–Kier alpha value is -3.15. The molecule has 0 spiro atoms. The highest BCUT2D eigenvalue weighted by molar-refractivity contribution is 6.07. The first-order valence-corrected chi connectivity index (χ1v) is 8.44. The summed E-state index contributed by atoms with van der Waals surface area (Å²) in [6, 6.07) is 11.0. The van der Waals surface area contributed by atoms with E-state index in [9.17, 15) is 14.4 Å². The Kier molecular flexibility index (Phi) is 3.76. The van der Waals surface area contributed by atoms with Gasteiger partial charge in [0.05, 0.1) is 11.3 Å². The number of ether oxygens (including phenoxy) is 1.